The van der Waals surface area contributed by atoms with Crippen LogP contribution in [0.3, 0.4) is 0 Å². The minimum absolute atomic E-state index is 0.0608. The molecule has 41 heavy (non-hydrogen) atoms. The van der Waals surface area contributed by atoms with Gasteiger partial charge in [-0.15, -0.1) is 0 Å². The summed E-state index contributed by atoms with van der Waals surface area (Å²) in [6.45, 7) is 4.39. The lowest BCUT2D eigenvalue weighted by molar-refractivity contribution is -0.141. The molecule has 1 aliphatic heterocycles. The number of carbonyl (C=O) groups is 1. The topological polar surface area (TPSA) is 102 Å². The van der Waals surface area contributed by atoms with Crippen molar-refractivity contribution in [1.29, 1.82) is 10.8 Å². The Hall–Kier alpha value is -4.46. The number of ether oxygens (including phenoxy) is 4. The highest BCUT2D eigenvalue weighted by molar-refractivity contribution is 6.09. The van der Waals surface area contributed by atoms with Crippen molar-refractivity contribution in [3.63, 3.8) is 0 Å². The van der Waals surface area contributed by atoms with E-state index in [9.17, 15) is 4.79 Å². The van der Waals surface area contributed by atoms with Gasteiger partial charge in [0.05, 0.1) is 39.2 Å². The summed E-state index contributed by atoms with van der Waals surface area (Å²) in [7, 11) is 2.84. The van der Waals surface area contributed by atoms with Crippen molar-refractivity contribution < 1.29 is 28.1 Å². The summed E-state index contributed by atoms with van der Waals surface area (Å²) in [4.78, 5) is 11.7. The van der Waals surface area contributed by atoms with Crippen LogP contribution in [-0.2, 0) is 20.7 Å². The van der Waals surface area contributed by atoms with Crippen LogP contribution in [0.15, 0.2) is 54.3 Å². The van der Waals surface area contributed by atoms with E-state index in [1.54, 1.807) is 0 Å². The molecule has 0 spiro atoms. The van der Waals surface area contributed by atoms with Gasteiger partial charge in [-0.1, -0.05) is 12.1 Å². The van der Waals surface area contributed by atoms with Crippen molar-refractivity contribution in [2.45, 2.75) is 45.1 Å². The number of hydrogen-bond acceptors (Lipinski definition) is 7. The summed E-state index contributed by atoms with van der Waals surface area (Å²) in [5.41, 5.74) is 7.35. The first-order valence-corrected chi connectivity index (χ1v) is 13.5. The molecule has 3 aromatic rings. The zero-order valence-corrected chi connectivity index (χ0v) is 23.6. The van der Waals surface area contributed by atoms with Crippen LogP contribution in [0, 0.1) is 30.5 Å². The Kier molecular flexibility index (Phi) is 7.92. The van der Waals surface area contributed by atoms with E-state index in [2.05, 4.69) is 0 Å². The highest BCUT2D eigenvalue weighted by atomic mass is 19.1. The number of benzene rings is 3. The van der Waals surface area contributed by atoms with Crippen LogP contribution in [0.1, 0.15) is 58.2 Å². The lowest BCUT2D eigenvalue weighted by Crippen LogP contribution is -2.09. The normalized spacial score (nSPS) is 17.3. The standard InChI is InChI=1S/C33H33FN2O5/c1-18-11-20(28(36)14-23(16-35)38-3)12-19(2)32(18)25-7-9-27(34)33-26(25)8-10-29(33)41-22-5-6-24-21(13-31(37)39-4)17-40-30(24)15-22/h5-7,9,11-12,14-16,21,29,35-36H,8,10,13,17H2,1-4H3. The number of allylic oxidation sites excluding steroid dienone is 2. The quantitative estimate of drug-likeness (QED) is 0.172. The lowest BCUT2D eigenvalue weighted by atomic mass is 9.88. The number of rotatable bonds is 9. The molecule has 0 fully saturated rings. The second-order valence-electron chi connectivity index (χ2n) is 10.4. The van der Waals surface area contributed by atoms with Crippen LogP contribution >= 0.6 is 0 Å². The van der Waals surface area contributed by atoms with Crippen LogP contribution in [0.5, 0.6) is 11.5 Å². The fraction of sp³-hybridized carbons (Fsp3) is 0.303. The van der Waals surface area contributed by atoms with Gasteiger partial charge < -0.3 is 29.8 Å². The van der Waals surface area contributed by atoms with E-state index < -0.39 is 6.10 Å². The number of aryl methyl sites for hydroxylation is 2. The molecule has 0 saturated heterocycles. The van der Waals surface area contributed by atoms with Crippen molar-refractivity contribution in [2.24, 2.45) is 0 Å². The Morgan fingerprint density at radius 1 is 1.10 bits per heavy atom. The molecule has 2 aliphatic rings. The minimum atomic E-state index is -0.443. The zero-order valence-electron chi connectivity index (χ0n) is 23.6. The molecule has 2 atom stereocenters. The summed E-state index contributed by atoms with van der Waals surface area (Å²) in [6.07, 6.45) is 3.71. The Bertz CT molecular complexity index is 1560. The molecule has 0 saturated carbocycles. The second kappa shape index (κ2) is 11.6. The predicted molar refractivity (Wildman–Crippen MR) is 155 cm³/mol. The van der Waals surface area contributed by atoms with Gasteiger partial charge in [0.1, 0.15) is 29.2 Å². The number of carbonyl (C=O) groups excluding carboxylic acids is 1. The van der Waals surface area contributed by atoms with Gasteiger partial charge in [-0.25, -0.2) is 4.39 Å². The van der Waals surface area contributed by atoms with Crippen molar-refractivity contribution in [2.75, 3.05) is 20.8 Å². The van der Waals surface area contributed by atoms with Gasteiger partial charge in [0.25, 0.3) is 0 Å². The number of methoxy groups -OCH3 is 2. The fourth-order valence-electron chi connectivity index (χ4n) is 5.90. The third-order valence-electron chi connectivity index (χ3n) is 7.84. The molecule has 3 aromatic carbocycles. The highest BCUT2D eigenvalue weighted by Gasteiger charge is 2.32. The van der Waals surface area contributed by atoms with E-state index in [4.69, 9.17) is 29.8 Å². The first-order valence-electron chi connectivity index (χ1n) is 13.5. The van der Waals surface area contributed by atoms with E-state index in [1.165, 1.54) is 26.4 Å². The monoisotopic (exact) mass is 556 g/mol. The summed E-state index contributed by atoms with van der Waals surface area (Å²) in [5.74, 6) is 0.933. The van der Waals surface area contributed by atoms with Gasteiger partial charge in [0.2, 0.25) is 0 Å². The maximum atomic E-state index is 15.3. The van der Waals surface area contributed by atoms with E-state index >= 15 is 4.39 Å². The summed E-state index contributed by atoms with van der Waals surface area (Å²) in [6, 6.07) is 12.8. The maximum Gasteiger partial charge on any atom is 0.306 e. The molecule has 0 amide bonds. The molecule has 1 heterocycles. The first-order chi connectivity index (χ1) is 19.7. The Morgan fingerprint density at radius 3 is 2.54 bits per heavy atom. The summed E-state index contributed by atoms with van der Waals surface area (Å²) < 4.78 is 37.4. The maximum absolute atomic E-state index is 15.3. The number of esters is 1. The lowest BCUT2D eigenvalue weighted by Gasteiger charge is -2.19. The van der Waals surface area contributed by atoms with Crippen LogP contribution in [0.2, 0.25) is 0 Å². The third-order valence-corrected chi connectivity index (χ3v) is 7.84. The fourth-order valence-corrected chi connectivity index (χ4v) is 5.90. The van der Waals surface area contributed by atoms with Crippen LogP contribution in [0.25, 0.3) is 11.1 Å². The van der Waals surface area contributed by atoms with Gasteiger partial charge in [0.15, 0.2) is 0 Å². The van der Waals surface area contributed by atoms with Crippen LogP contribution in [-0.4, -0.2) is 38.7 Å². The Morgan fingerprint density at radius 2 is 1.85 bits per heavy atom. The SMILES string of the molecule is COC(=O)CC1COc2cc(OC3CCc4c(-c5c(C)cc(C(=N)C=C(C=N)OC)cc5C)ccc(F)c43)ccc21. The predicted octanol–water partition coefficient (Wildman–Crippen LogP) is 6.76. The van der Waals surface area contributed by atoms with Crippen molar-refractivity contribution in [3.05, 3.63) is 93.5 Å². The largest absolute Gasteiger partial charge is 0.495 e. The number of hydrogen-bond donors (Lipinski definition) is 2. The summed E-state index contributed by atoms with van der Waals surface area (Å²) >= 11 is 0. The molecule has 2 N–H and O–H groups in total. The molecule has 2 unspecified atom stereocenters. The highest BCUT2D eigenvalue weighted by Crippen LogP contribution is 2.45. The Labute approximate surface area is 238 Å². The third kappa shape index (κ3) is 5.46. The molecule has 5 rings (SSSR count). The average Bonchev–Trinajstić information content (AvgIpc) is 3.56. The smallest absolute Gasteiger partial charge is 0.306 e. The van der Waals surface area contributed by atoms with Crippen molar-refractivity contribution in [1.82, 2.24) is 0 Å². The molecule has 212 valence electrons. The molecule has 0 aromatic heterocycles. The zero-order chi connectivity index (χ0) is 29.3. The van der Waals surface area contributed by atoms with E-state index in [0.717, 1.165) is 39.6 Å². The first kappa shape index (κ1) is 28.1. The Balaban J connectivity index is 1.42. The minimum Gasteiger partial charge on any atom is -0.495 e. The number of fused-ring (bicyclic) bond motifs is 2. The molecule has 8 heteroatoms. The average molecular weight is 557 g/mol. The molecular formula is C33H33FN2O5. The van der Waals surface area contributed by atoms with Crippen LogP contribution < -0.4 is 9.47 Å². The van der Waals surface area contributed by atoms with E-state index in [0.29, 0.717) is 47.8 Å². The van der Waals surface area contributed by atoms with Gasteiger partial charge in [0, 0.05) is 34.8 Å². The van der Waals surface area contributed by atoms with Gasteiger partial charge >= 0.3 is 5.97 Å². The number of nitrogens with one attached hydrogen (secondary N) is 2. The van der Waals surface area contributed by atoms with Crippen molar-refractivity contribution in [3.8, 4) is 22.6 Å². The van der Waals surface area contributed by atoms with Gasteiger partial charge in [-0.2, -0.15) is 0 Å². The molecule has 1 aliphatic carbocycles. The van der Waals surface area contributed by atoms with Gasteiger partial charge in [-0.05, 0) is 78.8 Å². The molecule has 7 nitrogen and oxygen atoms in total. The molecular weight excluding hydrogens is 523 g/mol. The summed E-state index contributed by atoms with van der Waals surface area (Å²) in [5, 5.41) is 15.9. The molecule has 0 bridgehead atoms. The van der Waals surface area contributed by atoms with Crippen molar-refractivity contribution >= 4 is 17.9 Å². The van der Waals surface area contributed by atoms with E-state index in [-0.39, 0.29) is 29.8 Å². The van der Waals surface area contributed by atoms with Crippen LogP contribution in [0.4, 0.5) is 4.39 Å². The second-order valence-corrected chi connectivity index (χ2v) is 10.4. The molecule has 0 radical (unpaired) electrons. The van der Waals surface area contributed by atoms with E-state index in [1.807, 2.05) is 50.2 Å². The van der Waals surface area contributed by atoms with Gasteiger partial charge in [-0.3, -0.25) is 4.79 Å². The number of halogens is 1.